The largest absolute Gasteiger partial charge is 0.488 e. The minimum atomic E-state index is -0.642. The molecule has 6 rings (SSSR count). The van der Waals surface area contributed by atoms with Gasteiger partial charge in [0.25, 0.3) is 5.56 Å². The number of carbonyl (C=O) groups excluding carboxylic acids is 1. The van der Waals surface area contributed by atoms with Crippen molar-refractivity contribution < 1.29 is 18.7 Å². The van der Waals surface area contributed by atoms with Crippen LogP contribution in [-0.4, -0.2) is 17.1 Å². The molecule has 0 radical (unpaired) electrons. The minimum absolute atomic E-state index is 0.0353. The number of allylic oxidation sites excluding steroid dienone is 1. The molecule has 3 heterocycles. The normalized spacial score (nSPS) is 15.1. The predicted octanol–water partition coefficient (Wildman–Crippen LogP) is 5.73. The van der Waals surface area contributed by atoms with Gasteiger partial charge in [-0.2, -0.15) is 0 Å². The fourth-order valence-corrected chi connectivity index (χ4v) is 6.81. The van der Waals surface area contributed by atoms with E-state index in [0.717, 1.165) is 15.6 Å². The summed E-state index contributed by atoms with van der Waals surface area (Å²) >= 11 is 2.72. The number of fused-ring (bicyclic) bond motifs is 2. The average molecular weight is 585 g/mol. The summed E-state index contributed by atoms with van der Waals surface area (Å²) in [5, 5.41) is 3.78. The third kappa shape index (κ3) is 5.03. The molecule has 1 atom stereocenters. The van der Waals surface area contributed by atoms with E-state index in [1.54, 1.807) is 42.7 Å². The lowest BCUT2D eigenvalue weighted by atomic mass is 10.0. The molecule has 0 saturated carbocycles. The van der Waals surface area contributed by atoms with Gasteiger partial charge in [-0.05, 0) is 54.3 Å². The Morgan fingerprint density at radius 2 is 1.88 bits per heavy atom. The zero-order valence-electron chi connectivity index (χ0n) is 22.3. The van der Waals surface area contributed by atoms with Crippen molar-refractivity contribution in [2.45, 2.75) is 26.5 Å². The van der Waals surface area contributed by atoms with E-state index in [-0.39, 0.29) is 24.6 Å². The first-order valence-corrected chi connectivity index (χ1v) is 14.8. The molecule has 0 bridgehead atoms. The van der Waals surface area contributed by atoms with Crippen LogP contribution in [0.1, 0.15) is 35.9 Å². The Balaban J connectivity index is 1.52. The Kier molecular flexibility index (Phi) is 7.38. The van der Waals surface area contributed by atoms with Crippen molar-refractivity contribution in [2.24, 2.45) is 4.99 Å². The molecular weight excluding hydrogens is 559 g/mol. The average Bonchev–Trinajstić information content (AvgIpc) is 3.61. The van der Waals surface area contributed by atoms with Crippen molar-refractivity contribution in [3.63, 3.8) is 0 Å². The first-order valence-electron chi connectivity index (χ1n) is 13.1. The van der Waals surface area contributed by atoms with E-state index in [2.05, 4.69) is 4.99 Å². The highest BCUT2D eigenvalue weighted by atomic mass is 32.1. The number of rotatable bonds is 7. The molecule has 3 aromatic carbocycles. The summed E-state index contributed by atoms with van der Waals surface area (Å²) in [5.41, 5.74) is 1.75. The molecule has 206 valence electrons. The molecule has 1 aliphatic heterocycles. The number of thiophene rings is 1. The lowest BCUT2D eigenvalue weighted by Crippen LogP contribution is -2.39. The fourth-order valence-electron chi connectivity index (χ4n) is 4.96. The smallest absolute Gasteiger partial charge is 0.338 e. The molecule has 41 heavy (non-hydrogen) atoms. The number of thiazole rings is 1. The molecule has 0 spiro atoms. The molecule has 1 aliphatic rings. The Morgan fingerprint density at radius 3 is 2.66 bits per heavy atom. The molecule has 0 aliphatic carbocycles. The summed E-state index contributed by atoms with van der Waals surface area (Å²) in [6.07, 6.45) is 1.80. The highest BCUT2D eigenvalue weighted by Gasteiger charge is 2.34. The van der Waals surface area contributed by atoms with Gasteiger partial charge in [-0.3, -0.25) is 9.36 Å². The van der Waals surface area contributed by atoms with Crippen molar-refractivity contribution in [1.82, 2.24) is 4.57 Å². The van der Waals surface area contributed by atoms with Gasteiger partial charge >= 0.3 is 5.97 Å². The van der Waals surface area contributed by atoms with Gasteiger partial charge in [-0.25, -0.2) is 14.2 Å². The highest BCUT2D eigenvalue weighted by molar-refractivity contribution is 7.10. The van der Waals surface area contributed by atoms with Crippen LogP contribution in [0, 0.1) is 5.82 Å². The van der Waals surface area contributed by atoms with Crippen LogP contribution in [0.2, 0.25) is 0 Å². The van der Waals surface area contributed by atoms with Crippen LogP contribution >= 0.6 is 22.7 Å². The van der Waals surface area contributed by atoms with Crippen LogP contribution in [0.3, 0.4) is 0 Å². The summed E-state index contributed by atoms with van der Waals surface area (Å²) in [4.78, 5) is 33.1. The quantitative estimate of drug-likeness (QED) is 0.229. The van der Waals surface area contributed by atoms with E-state index in [1.807, 2.05) is 53.9 Å². The van der Waals surface area contributed by atoms with Crippen LogP contribution in [0.25, 0.3) is 16.8 Å². The summed E-state index contributed by atoms with van der Waals surface area (Å²) < 4.78 is 27.8. The number of hydrogen-bond donors (Lipinski definition) is 0. The second-order valence-corrected chi connectivity index (χ2v) is 11.4. The molecule has 0 fully saturated rings. The zero-order valence-corrected chi connectivity index (χ0v) is 23.9. The summed E-state index contributed by atoms with van der Waals surface area (Å²) in [5.74, 6) is -0.306. The highest BCUT2D eigenvalue weighted by Crippen LogP contribution is 2.33. The predicted molar refractivity (Wildman–Crippen MR) is 159 cm³/mol. The van der Waals surface area contributed by atoms with Crippen molar-refractivity contribution in [3.8, 4) is 5.75 Å². The summed E-state index contributed by atoms with van der Waals surface area (Å²) in [6.45, 7) is 3.77. The van der Waals surface area contributed by atoms with E-state index in [9.17, 15) is 14.0 Å². The van der Waals surface area contributed by atoms with E-state index in [0.29, 0.717) is 37.5 Å². The van der Waals surface area contributed by atoms with Crippen LogP contribution < -0.4 is 19.6 Å². The summed E-state index contributed by atoms with van der Waals surface area (Å²) in [6, 6.07) is 21.2. The molecule has 6 nitrogen and oxygen atoms in total. The van der Waals surface area contributed by atoms with Gasteiger partial charge in [0.1, 0.15) is 24.2 Å². The van der Waals surface area contributed by atoms with Crippen LogP contribution in [0.4, 0.5) is 4.39 Å². The van der Waals surface area contributed by atoms with Gasteiger partial charge in [0, 0.05) is 16.0 Å². The van der Waals surface area contributed by atoms with E-state index in [4.69, 9.17) is 9.47 Å². The molecule has 0 amide bonds. The SMILES string of the molecule is CCOC(=O)C1=C(C)N=c2s/c(=C\c3c(OCc4ccccc4F)ccc4ccccc34)c(=O)n2[C@H]1c1cccs1. The van der Waals surface area contributed by atoms with Gasteiger partial charge in [0.05, 0.1) is 22.4 Å². The monoisotopic (exact) mass is 584 g/mol. The second-order valence-electron chi connectivity index (χ2n) is 9.40. The Morgan fingerprint density at radius 1 is 1.07 bits per heavy atom. The zero-order chi connectivity index (χ0) is 28.5. The minimum Gasteiger partial charge on any atom is -0.488 e. The van der Waals surface area contributed by atoms with Crippen LogP contribution in [0.15, 0.2) is 99.2 Å². The van der Waals surface area contributed by atoms with Crippen molar-refractivity contribution in [1.29, 1.82) is 0 Å². The molecule has 5 aromatic rings. The molecular formula is C32H25FN2O4S2. The topological polar surface area (TPSA) is 69.9 Å². The van der Waals surface area contributed by atoms with Gasteiger partial charge in [0.2, 0.25) is 0 Å². The summed E-state index contributed by atoms with van der Waals surface area (Å²) in [7, 11) is 0. The van der Waals surface area contributed by atoms with Crippen LogP contribution in [0.5, 0.6) is 5.75 Å². The van der Waals surface area contributed by atoms with Gasteiger partial charge in [-0.1, -0.05) is 65.9 Å². The molecule has 0 saturated heterocycles. The Hall–Kier alpha value is -4.34. The number of nitrogens with zero attached hydrogens (tertiary/aromatic N) is 2. The number of halogens is 1. The standard InChI is InChI=1S/C32H25FN2O4S2/c1-3-38-31(37)28-19(2)34-32-35(29(28)26-13-8-16-40-26)30(36)27(41-32)17-23-22-11-6-4-9-20(22)14-15-25(23)39-18-21-10-5-7-12-24(21)33/h4-17,29H,3,18H2,1-2H3/b27-17-/t29-/m0/s1. The number of ether oxygens (including phenoxy) is 2. The van der Waals surface area contributed by atoms with Crippen LogP contribution in [-0.2, 0) is 16.1 Å². The first-order chi connectivity index (χ1) is 20.0. The van der Waals surface area contributed by atoms with E-state index >= 15 is 0 Å². The number of esters is 1. The number of carbonyl (C=O) groups is 1. The van der Waals surface area contributed by atoms with Crippen molar-refractivity contribution in [3.05, 3.63) is 131 Å². The second kappa shape index (κ2) is 11.3. The number of benzene rings is 3. The van der Waals surface area contributed by atoms with Gasteiger partial charge in [0.15, 0.2) is 4.80 Å². The van der Waals surface area contributed by atoms with Crippen molar-refractivity contribution in [2.75, 3.05) is 6.61 Å². The lowest BCUT2D eigenvalue weighted by Gasteiger charge is -2.23. The molecule has 0 N–H and O–H groups in total. The van der Waals surface area contributed by atoms with E-state index in [1.165, 1.54) is 28.7 Å². The van der Waals surface area contributed by atoms with Gasteiger partial charge in [-0.15, -0.1) is 11.3 Å². The third-order valence-electron chi connectivity index (χ3n) is 6.88. The number of hydrogen-bond acceptors (Lipinski definition) is 7. The lowest BCUT2D eigenvalue weighted by molar-refractivity contribution is -0.139. The Labute approximate surface area is 243 Å². The molecule has 0 unspecified atom stereocenters. The van der Waals surface area contributed by atoms with Crippen molar-refractivity contribution >= 4 is 45.5 Å². The third-order valence-corrected chi connectivity index (χ3v) is 8.78. The molecule has 9 heteroatoms. The maximum Gasteiger partial charge on any atom is 0.338 e. The maximum absolute atomic E-state index is 14.3. The fraction of sp³-hybridized carbons (Fsp3) is 0.156. The van der Waals surface area contributed by atoms with E-state index < -0.39 is 12.0 Å². The van der Waals surface area contributed by atoms with Gasteiger partial charge < -0.3 is 9.47 Å². The Bertz CT molecular complexity index is 1990. The number of aromatic nitrogens is 1. The maximum atomic E-state index is 14.3. The first kappa shape index (κ1) is 26.9. The molecule has 2 aromatic heterocycles.